The van der Waals surface area contributed by atoms with Crippen molar-refractivity contribution in [3.63, 3.8) is 0 Å². The van der Waals surface area contributed by atoms with Gasteiger partial charge in [0, 0.05) is 53.6 Å². The van der Waals surface area contributed by atoms with Gasteiger partial charge in [-0.1, -0.05) is 85.0 Å². The predicted octanol–water partition coefficient (Wildman–Crippen LogP) is 10.2. The molecule has 1 aliphatic rings. The first kappa shape index (κ1) is 31.8. The molecule has 0 atom stereocenters. The van der Waals surface area contributed by atoms with Crippen LogP contribution in [-0.2, 0) is 0 Å². The van der Waals surface area contributed by atoms with E-state index in [1.807, 2.05) is 60.7 Å². The van der Waals surface area contributed by atoms with Gasteiger partial charge >= 0.3 is 0 Å². The third kappa shape index (κ3) is 6.12. The summed E-state index contributed by atoms with van der Waals surface area (Å²) < 4.78 is 2.17. The molecule has 0 saturated heterocycles. The van der Waals surface area contributed by atoms with Crippen LogP contribution in [0.5, 0.6) is 0 Å². The maximum absolute atomic E-state index is 9.57. The number of rotatable bonds is 6. The zero-order valence-electron chi connectivity index (χ0n) is 28.1. The van der Waals surface area contributed by atoms with E-state index in [1.54, 1.807) is 35.6 Å². The largest absolute Gasteiger partial charge is 0.208 e. The van der Waals surface area contributed by atoms with Crippen molar-refractivity contribution in [2.24, 2.45) is 0 Å². The number of nitrogens with zero attached hydrogens (tertiary/aromatic N) is 8. The highest BCUT2D eigenvalue weighted by Gasteiger charge is 2.19. The average molecular weight is 699 g/mol. The van der Waals surface area contributed by atoms with Crippen LogP contribution in [0.25, 0.3) is 82.7 Å². The molecule has 9 heteroatoms. The van der Waals surface area contributed by atoms with Gasteiger partial charge in [0.15, 0.2) is 34.9 Å². The summed E-state index contributed by atoms with van der Waals surface area (Å²) in [5.41, 5.74) is 6.22. The second-order valence-corrected chi connectivity index (χ2v) is 13.6. The first-order chi connectivity index (χ1) is 26.1. The fraction of sp³-hybridized carbons (Fsp3) is 0.0455. The summed E-state index contributed by atoms with van der Waals surface area (Å²) in [6.07, 6.45) is 8.41. The van der Waals surface area contributed by atoms with E-state index in [0.717, 1.165) is 60.8 Å². The van der Waals surface area contributed by atoms with E-state index < -0.39 is 0 Å². The summed E-state index contributed by atoms with van der Waals surface area (Å²) in [4.78, 5) is 29.6. The normalized spacial score (nSPS) is 12.4. The molecule has 0 saturated carbocycles. The van der Waals surface area contributed by atoms with Crippen molar-refractivity contribution in [3.8, 4) is 69.1 Å². The second kappa shape index (κ2) is 13.5. The molecular weight excluding hydrogens is 673 g/mol. The Morgan fingerprint density at radius 3 is 1.85 bits per heavy atom. The minimum atomic E-state index is 0.452. The summed E-state index contributed by atoms with van der Waals surface area (Å²) in [5.74, 6) is 3.34. The number of thiophene rings is 1. The molecule has 5 aromatic carbocycles. The van der Waals surface area contributed by atoms with Crippen LogP contribution in [-0.4, -0.2) is 29.9 Å². The average Bonchev–Trinajstić information content (AvgIpc) is 3.62. The minimum absolute atomic E-state index is 0.452. The van der Waals surface area contributed by atoms with Crippen molar-refractivity contribution in [1.29, 1.82) is 10.5 Å². The van der Waals surface area contributed by atoms with Gasteiger partial charge in [0.1, 0.15) is 0 Å². The van der Waals surface area contributed by atoms with Gasteiger partial charge in [-0.25, -0.2) is 29.9 Å². The zero-order chi connectivity index (χ0) is 35.7. The molecule has 8 aromatic rings. The molecule has 248 valence electrons. The lowest BCUT2D eigenvalue weighted by atomic mass is 10.0. The van der Waals surface area contributed by atoms with Gasteiger partial charge in [-0.2, -0.15) is 10.5 Å². The number of benzene rings is 5. The third-order valence-corrected chi connectivity index (χ3v) is 10.2. The summed E-state index contributed by atoms with van der Waals surface area (Å²) in [5, 5.41) is 21.1. The molecule has 0 N–H and O–H groups in total. The van der Waals surface area contributed by atoms with Gasteiger partial charge < -0.3 is 0 Å². The van der Waals surface area contributed by atoms with E-state index in [2.05, 4.69) is 60.7 Å². The van der Waals surface area contributed by atoms with E-state index in [0.29, 0.717) is 51.6 Å². The Hall–Kier alpha value is -7.20. The van der Waals surface area contributed by atoms with E-state index in [4.69, 9.17) is 29.9 Å². The zero-order valence-corrected chi connectivity index (χ0v) is 28.9. The van der Waals surface area contributed by atoms with E-state index in [-0.39, 0.29) is 0 Å². The SMILES string of the molecule is N#Cc1ccc(-c2nc(-c3cccc(C#N)c3)nc(-c3ccc4c(c3)sc3cccc(-c5nc(C6=CCCC=C6)nc(-c6ccccc6)n5)c34)n2)cc1. The Morgan fingerprint density at radius 2 is 1.11 bits per heavy atom. The molecular formula is C44H26N8S. The molecule has 1 aliphatic carbocycles. The molecule has 0 radical (unpaired) electrons. The Labute approximate surface area is 308 Å². The van der Waals surface area contributed by atoms with Gasteiger partial charge in [-0.15, -0.1) is 11.3 Å². The highest BCUT2D eigenvalue weighted by Crippen LogP contribution is 2.41. The third-order valence-electron chi connectivity index (χ3n) is 9.07. The summed E-state index contributed by atoms with van der Waals surface area (Å²) >= 11 is 1.69. The summed E-state index contributed by atoms with van der Waals surface area (Å²) in [7, 11) is 0. The smallest absolute Gasteiger partial charge is 0.164 e. The summed E-state index contributed by atoms with van der Waals surface area (Å²) in [6, 6.07) is 41.3. The van der Waals surface area contributed by atoms with Crippen molar-refractivity contribution in [2.45, 2.75) is 12.8 Å². The van der Waals surface area contributed by atoms with Gasteiger partial charge in [-0.05, 0) is 61.4 Å². The van der Waals surface area contributed by atoms with Crippen LogP contribution < -0.4 is 0 Å². The number of allylic oxidation sites excluding steroid dienone is 4. The molecule has 0 spiro atoms. The Morgan fingerprint density at radius 1 is 0.491 bits per heavy atom. The van der Waals surface area contributed by atoms with Crippen LogP contribution in [0.15, 0.2) is 133 Å². The molecule has 0 unspecified atom stereocenters. The highest BCUT2D eigenvalue weighted by molar-refractivity contribution is 7.26. The maximum Gasteiger partial charge on any atom is 0.164 e. The molecule has 9 rings (SSSR count). The van der Waals surface area contributed by atoms with Crippen molar-refractivity contribution in [1.82, 2.24) is 29.9 Å². The molecule has 3 aromatic heterocycles. The van der Waals surface area contributed by atoms with Gasteiger partial charge in [-0.3, -0.25) is 0 Å². The van der Waals surface area contributed by atoms with Crippen LogP contribution in [0, 0.1) is 22.7 Å². The van der Waals surface area contributed by atoms with Crippen LogP contribution in [0.3, 0.4) is 0 Å². The Bertz CT molecular complexity index is 2860. The number of aromatic nitrogens is 6. The second-order valence-electron chi connectivity index (χ2n) is 12.5. The molecule has 53 heavy (non-hydrogen) atoms. The first-order valence-corrected chi connectivity index (χ1v) is 17.9. The fourth-order valence-electron chi connectivity index (χ4n) is 6.46. The molecule has 0 fully saturated rings. The fourth-order valence-corrected chi connectivity index (χ4v) is 7.63. The van der Waals surface area contributed by atoms with Crippen LogP contribution in [0.4, 0.5) is 0 Å². The first-order valence-electron chi connectivity index (χ1n) is 17.1. The van der Waals surface area contributed by atoms with Crippen molar-refractivity contribution >= 4 is 37.1 Å². The van der Waals surface area contributed by atoms with Crippen LogP contribution in [0.1, 0.15) is 29.8 Å². The van der Waals surface area contributed by atoms with E-state index in [9.17, 15) is 10.5 Å². The number of hydrogen-bond acceptors (Lipinski definition) is 9. The standard InChI is InChI=1S/C44H26N8S/c45-25-27-17-19-31(20-18-27)41-48-42(32-14-7-9-28(23-32)26-46)50-43(49-41)33-21-22-34-37(24-33)53-36-16-8-15-35(38(34)36)44-51-39(29-10-3-1-4-11-29)47-40(52-44)30-12-5-2-6-13-30/h1,3-5,7-24H,2,6H2. The van der Waals surface area contributed by atoms with E-state index in [1.165, 1.54) is 0 Å². The monoisotopic (exact) mass is 698 g/mol. The van der Waals surface area contributed by atoms with Gasteiger partial charge in [0.25, 0.3) is 0 Å². The molecule has 0 aliphatic heterocycles. The Balaban J connectivity index is 1.19. The van der Waals surface area contributed by atoms with Gasteiger partial charge in [0.05, 0.1) is 23.3 Å². The quantitative estimate of drug-likeness (QED) is 0.168. The van der Waals surface area contributed by atoms with Crippen molar-refractivity contribution in [2.75, 3.05) is 0 Å². The van der Waals surface area contributed by atoms with Crippen molar-refractivity contribution < 1.29 is 0 Å². The van der Waals surface area contributed by atoms with Crippen LogP contribution in [0.2, 0.25) is 0 Å². The lowest BCUT2D eigenvalue weighted by molar-refractivity contribution is 1.01. The van der Waals surface area contributed by atoms with Gasteiger partial charge in [0.2, 0.25) is 0 Å². The van der Waals surface area contributed by atoms with E-state index >= 15 is 0 Å². The van der Waals surface area contributed by atoms with Crippen LogP contribution >= 0.6 is 11.3 Å². The molecule has 0 amide bonds. The predicted molar refractivity (Wildman–Crippen MR) is 209 cm³/mol. The topological polar surface area (TPSA) is 125 Å². The number of nitriles is 2. The minimum Gasteiger partial charge on any atom is -0.208 e. The maximum atomic E-state index is 9.57. The Kier molecular flexibility index (Phi) is 8.09. The van der Waals surface area contributed by atoms with Crippen molar-refractivity contribution in [3.05, 3.63) is 150 Å². The molecule has 3 heterocycles. The lowest BCUT2D eigenvalue weighted by Crippen LogP contribution is -2.03. The number of fused-ring (bicyclic) bond motifs is 3. The molecule has 8 nitrogen and oxygen atoms in total. The lowest BCUT2D eigenvalue weighted by Gasteiger charge is -2.11. The summed E-state index contributed by atoms with van der Waals surface area (Å²) in [6.45, 7) is 0. The number of hydrogen-bond donors (Lipinski definition) is 0. The highest BCUT2D eigenvalue weighted by atomic mass is 32.1. The molecule has 0 bridgehead atoms.